The van der Waals surface area contributed by atoms with Crippen LogP contribution in [0.1, 0.15) is 42.1 Å². The molecule has 0 aliphatic heterocycles. The van der Waals surface area contributed by atoms with E-state index in [0.29, 0.717) is 23.8 Å². The summed E-state index contributed by atoms with van der Waals surface area (Å²) in [4.78, 5) is 4.20. The van der Waals surface area contributed by atoms with Crippen LogP contribution in [0.25, 0.3) is 0 Å². The van der Waals surface area contributed by atoms with Gasteiger partial charge in [0.15, 0.2) is 5.82 Å². The largest absolute Gasteiger partial charge is 0.416 e. The molecule has 0 saturated heterocycles. The zero-order chi connectivity index (χ0) is 15.5. The molecule has 0 amide bonds. The molecule has 1 unspecified atom stereocenters. The maximum atomic E-state index is 12.6. The standard InChI is InChI=1S/C14H16F3N3O/c1-2-10(8-18)13-19-12(20-21-13)7-9-4-3-5-11(6-9)14(15,16)17/h3-6,10H,2,7-8,18H2,1H3. The van der Waals surface area contributed by atoms with E-state index >= 15 is 0 Å². The Morgan fingerprint density at radius 3 is 2.71 bits per heavy atom. The summed E-state index contributed by atoms with van der Waals surface area (Å²) in [6.45, 7) is 2.34. The first-order chi connectivity index (χ1) is 9.94. The highest BCUT2D eigenvalue weighted by Gasteiger charge is 2.30. The number of rotatable bonds is 5. The third-order valence-electron chi connectivity index (χ3n) is 3.23. The molecule has 0 spiro atoms. The van der Waals surface area contributed by atoms with Crippen molar-refractivity contribution in [3.8, 4) is 0 Å². The van der Waals surface area contributed by atoms with Crippen molar-refractivity contribution < 1.29 is 17.7 Å². The second-order valence-corrected chi connectivity index (χ2v) is 4.76. The second-order valence-electron chi connectivity index (χ2n) is 4.76. The smallest absolute Gasteiger partial charge is 0.339 e. The molecule has 21 heavy (non-hydrogen) atoms. The number of alkyl halides is 3. The van der Waals surface area contributed by atoms with Gasteiger partial charge in [-0.25, -0.2) is 0 Å². The summed E-state index contributed by atoms with van der Waals surface area (Å²) >= 11 is 0. The van der Waals surface area contributed by atoms with E-state index in [2.05, 4.69) is 10.1 Å². The normalized spacial score (nSPS) is 13.4. The van der Waals surface area contributed by atoms with Crippen LogP contribution < -0.4 is 5.73 Å². The molecule has 0 radical (unpaired) electrons. The highest BCUT2D eigenvalue weighted by atomic mass is 19.4. The Morgan fingerprint density at radius 2 is 2.10 bits per heavy atom. The van der Waals surface area contributed by atoms with Crippen molar-refractivity contribution in [1.82, 2.24) is 10.1 Å². The quantitative estimate of drug-likeness (QED) is 0.921. The van der Waals surface area contributed by atoms with Gasteiger partial charge in [0.1, 0.15) is 0 Å². The van der Waals surface area contributed by atoms with Crippen LogP contribution in [0.3, 0.4) is 0 Å². The average molecular weight is 299 g/mol. The number of nitrogens with two attached hydrogens (primary N) is 1. The number of aromatic nitrogens is 2. The SMILES string of the molecule is CCC(CN)c1nc(Cc2cccc(C(F)(F)F)c2)no1. The highest BCUT2D eigenvalue weighted by Crippen LogP contribution is 2.29. The van der Waals surface area contributed by atoms with Crippen LogP contribution in [0.4, 0.5) is 13.2 Å². The molecule has 0 fully saturated rings. The summed E-state index contributed by atoms with van der Waals surface area (Å²) in [6.07, 6.45) is -3.40. The minimum absolute atomic E-state index is 0.0206. The van der Waals surface area contributed by atoms with Crippen LogP contribution in [0.5, 0.6) is 0 Å². The van der Waals surface area contributed by atoms with Crippen molar-refractivity contribution in [1.29, 1.82) is 0 Å². The van der Waals surface area contributed by atoms with E-state index in [-0.39, 0.29) is 12.3 Å². The van der Waals surface area contributed by atoms with Gasteiger partial charge in [-0.1, -0.05) is 30.3 Å². The molecule has 2 rings (SSSR count). The summed E-state index contributed by atoms with van der Waals surface area (Å²) < 4.78 is 43.0. The molecule has 7 heteroatoms. The molecule has 4 nitrogen and oxygen atoms in total. The number of benzene rings is 1. The van der Waals surface area contributed by atoms with Crippen molar-refractivity contribution in [3.05, 3.63) is 47.1 Å². The lowest BCUT2D eigenvalue weighted by atomic mass is 10.1. The summed E-state index contributed by atoms with van der Waals surface area (Å²) in [5.74, 6) is 0.769. The fourth-order valence-electron chi connectivity index (χ4n) is 1.99. The first kappa shape index (κ1) is 15.5. The minimum atomic E-state index is -4.36. The molecule has 0 aliphatic rings. The molecule has 2 aromatic rings. The van der Waals surface area contributed by atoms with Gasteiger partial charge in [-0.2, -0.15) is 18.2 Å². The lowest BCUT2D eigenvalue weighted by Gasteiger charge is -2.07. The second kappa shape index (κ2) is 6.26. The van der Waals surface area contributed by atoms with Crippen molar-refractivity contribution in [2.45, 2.75) is 31.9 Å². The average Bonchev–Trinajstić information content (AvgIpc) is 2.88. The van der Waals surface area contributed by atoms with Crippen LogP contribution in [-0.4, -0.2) is 16.7 Å². The summed E-state index contributed by atoms with van der Waals surface area (Å²) in [5, 5.41) is 3.80. The number of halogens is 3. The molecule has 0 bridgehead atoms. The maximum Gasteiger partial charge on any atom is 0.416 e. The van der Waals surface area contributed by atoms with E-state index in [0.717, 1.165) is 18.6 Å². The molecule has 1 heterocycles. The Balaban J connectivity index is 2.15. The number of hydrogen-bond acceptors (Lipinski definition) is 4. The lowest BCUT2D eigenvalue weighted by molar-refractivity contribution is -0.137. The van der Waals surface area contributed by atoms with Gasteiger partial charge in [-0.15, -0.1) is 0 Å². The molecule has 114 valence electrons. The minimum Gasteiger partial charge on any atom is -0.339 e. The van der Waals surface area contributed by atoms with Crippen LogP contribution in [0.2, 0.25) is 0 Å². The first-order valence-corrected chi connectivity index (χ1v) is 6.62. The summed E-state index contributed by atoms with van der Waals surface area (Å²) in [5.41, 5.74) is 5.39. The van der Waals surface area contributed by atoms with E-state index in [9.17, 15) is 13.2 Å². The number of hydrogen-bond donors (Lipinski definition) is 1. The van der Waals surface area contributed by atoms with Crippen LogP contribution in [0, 0.1) is 0 Å². The summed E-state index contributed by atoms with van der Waals surface area (Å²) in [7, 11) is 0. The number of nitrogens with zero attached hydrogens (tertiary/aromatic N) is 2. The predicted molar refractivity (Wildman–Crippen MR) is 70.6 cm³/mol. The summed E-state index contributed by atoms with van der Waals surface area (Å²) in [6, 6.07) is 5.10. The molecule has 1 aromatic heterocycles. The molecule has 0 saturated carbocycles. The zero-order valence-corrected chi connectivity index (χ0v) is 11.5. The van der Waals surface area contributed by atoms with E-state index < -0.39 is 11.7 Å². The van der Waals surface area contributed by atoms with Crippen molar-refractivity contribution >= 4 is 0 Å². The molecular formula is C14H16F3N3O. The fraction of sp³-hybridized carbons (Fsp3) is 0.429. The van der Waals surface area contributed by atoms with Gasteiger partial charge in [-0.05, 0) is 18.1 Å². The van der Waals surface area contributed by atoms with Gasteiger partial charge in [0.05, 0.1) is 11.5 Å². The molecular weight excluding hydrogens is 283 g/mol. The van der Waals surface area contributed by atoms with Gasteiger partial charge in [-0.3, -0.25) is 0 Å². The third-order valence-corrected chi connectivity index (χ3v) is 3.23. The maximum absolute atomic E-state index is 12.6. The van der Waals surface area contributed by atoms with E-state index in [4.69, 9.17) is 10.3 Å². The van der Waals surface area contributed by atoms with E-state index in [1.54, 1.807) is 6.07 Å². The Hall–Kier alpha value is -1.89. The van der Waals surface area contributed by atoms with E-state index in [1.807, 2.05) is 6.92 Å². The van der Waals surface area contributed by atoms with Crippen molar-refractivity contribution in [3.63, 3.8) is 0 Å². The monoisotopic (exact) mass is 299 g/mol. The Labute approximate surface area is 120 Å². The van der Waals surface area contributed by atoms with Gasteiger partial charge in [0.25, 0.3) is 0 Å². The van der Waals surface area contributed by atoms with Crippen molar-refractivity contribution in [2.24, 2.45) is 5.73 Å². The predicted octanol–water partition coefficient (Wildman–Crippen LogP) is 3.13. The van der Waals surface area contributed by atoms with Crippen molar-refractivity contribution in [2.75, 3.05) is 6.54 Å². The van der Waals surface area contributed by atoms with Gasteiger partial charge < -0.3 is 10.3 Å². The molecule has 1 atom stereocenters. The highest BCUT2D eigenvalue weighted by molar-refractivity contribution is 5.27. The first-order valence-electron chi connectivity index (χ1n) is 6.62. The lowest BCUT2D eigenvalue weighted by Crippen LogP contribution is -2.11. The molecule has 2 N–H and O–H groups in total. The van der Waals surface area contributed by atoms with Gasteiger partial charge >= 0.3 is 6.18 Å². The topological polar surface area (TPSA) is 64.9 Å². The van der Waals surface area contributed by atoms with E-state index in [1.165, 1.54) is 6.07 Å². The van der Waals surface area contributed by atoms with Crippen LogP contribution >= 0.6 is 0 Å². The third kappa shape index (κ3) is 3.81. The van der Waals surface area contributed by atoms with Crippen LogP contribution in [-0.2, 0) is 12.6 Å². The fourth-order valence-corrected chi connectivity index (χ4v) is 1.99. The molecule has 0 aliphatic carbocycles. The van der Waals surface area contributed by atoms with Gasteiger partial charge in [0, 0.05) is 13.0 Å². The molecule has 1 aromatic carbocycles. The Bertz CT molecular complexity index is 591. The Morgan fingerprint density at radius 1 is 1.33 bits per heavy atom. The zero-order valence-electron chi connectivity index (χ0n) is 11.5. The van der Waals surface area contributed by atoms with Crippen LogP contribution in [0.15, 0.2) is 28.8 Å². The Kier molecular flexibility index (Phi) is 4.62. The van der Waals surface area contributed by atoms with Gasteiger partial charge in [0.2, 0.25) is 5.89 Å².